The molecule has 0 fully saturated rings. The molecule has 7 nitrogen and oxygen atoms in total. The van der Waals surface area contributed by atoms with Gasteiger partial charge in [0, 0.05) is 12.7 Å². The van der Waals surface area contributed by atoms with E-state index < -0.39 is 23.3 Å². The molecule has 0 saturated carbocycles. The zero-order valence-electron chi connectivity index (χ0n) is 12.2. The van der Waals surface area contributed by atoms with E-state index in [2.05, 4.69) is 14.8 Å². The summed E-state index contributed by atoms with van der Waals surface area (Å²) >= 11 is 0. The first-order valence-corrected chi connectivity index (χ1v) is 5.96. The second-order valence-electron chi connectivity index (χ2n) is 3.84. The van der Waals surface area contributed by atoms with Crippen molar-refractivity contribution in [2.45, 2.75) is 0 Å². The zero-order valence-corrected chi connectivity index (χ0v) is 12.2. The normalized spacial score (nSPS) is 9.52. The van der Waals surface area contributed by atoms with Gasteiger partial charge in [0.1, 0.15) is 5.75 Å². The van der Waals surface area contributed by atoms with Crippen molar-refractivity contribution in [3.05, 3.63) is 29.3 Å². The number of benzene rings is 1. The Bertz CT molecular complexity index is 539. The molecule has 0 aromatic heterocycles. The van der Waals surface area contributed by atoms with Gasteiger partial charge in [-0.25, -0.2) is 9.59 Å². The van der Waals surface area contributed by atoms with Crippen molar-refractivity contribution in [2.75, 3.05) is 33.7 Å². The lowest BCUT2D eigenvalue weighted by molar-refractivity contribution is -0.144. The maximum absolute atomic E-state index is 11.7. The predicted octanol–water partition coefficient (Wildman–Crippen LogP) is 1.35. The molecule has 0 radical (unpaired) electrons. The van der Waals surface area contributed by atoms with E-state index in [0.717, 1.165) is 14.2 Å². The van der Waals surface area contributed by atoms with E-state index in [1.165, 1.54) is 7.11 Å². The highest BCUT2D eigenvalue weighted by Gasteiger charge is 2.28. The third kappa shape index (κ3) is 3.25. The first-order valence-electron chi connectivity index (χ1n) is 5.96. The molecule has 7 heteroatoms. The van der Waals surface area contributed by atoms with Crippen LogP contribution in [0.5, 0.6) is 5.75 Å². The van der Waals surface area contributed by atoms with Gasteiger partial charge < -0.3 is 24.6 Å². The van der Waals surface area contributed by atoms with Gasteiger partial charge in [0.2, 0.25) is 0 Å². The van der Waals surface area contributed by atoms with E-state index in [1.807, 2.05) is 0 Å². The van der Waals surface area contributed by atoms with Crippen LogP contribution in [0.1, 0.15) is 5.56 Å². The number of nitrogens with one attached hydrogen (secondary N) is 1. The average Bonchev–Trinajstić information content (AvgIpc) is 2.53. The van der Waals surface area contributed by atoms with Crippen LogP contribution in [0.15, 0.2) is 23.8 Å². The molecule has 0 atom stereocenters. The fourth-order valence-corrected chi connectivity index (χ4v) is 1.76. The maximum atomic E-state index is 11.7. The van der Waals surface area contributed by atoms with Crippen molar-refractivity contribution in [3.63, 3.8) is 0 Å². The molecule has 0 amide bonds. The van der Waals surface area contributed by atoms with Crippen LogP contribution < -0.4 is 10.1 Å². The molecule has 114 valence electrons. The number of esters is 2. The Morgan fingerprint density at radius 3 is 2.10 bits per heavy atom. The molecule has 0 aliphatic rings. The number of hydrogen-bond acceptors (Lipinski definition) is 7. The van der Waals surface area contributed by atoms with E-state index in [1.54, 1.807) is 25.2 Å². The van der Waals surface area contributed by atoms with Crippen LogP contribution in [-0.2, 0) is 19.1 Å². The van der Waals surface area contributed by atoms with Gasteiger partial charge in [0.15, 0.2) is 11.3 Å². The number of aliphatic hydroxyl groups is 1. The summed E-state index contributed by atoms with van der Waals surface area (Å²) in [4.78, 5) is 23.4. The van der Waals surface area contributed by atoms with Crippen LogP contribution >= 0.6 is 0 Å². The predicted molar refractivity (Wildman–Crippen MR) is 76.1 cm³/mol. The Hall–Kier alpha value is -2.70. The monoisotopic (exact) mass is 295 g/mol. The minimum Gasteiger partial charge on any atom is -0.506 e. The molecule has 0 aliphatic carbocycles. The van der Waals surface area contributed by atoms with Gasteiger partial charge in [-0.3, -0.25) is 0 Å². The lowest BCUT2D eigenvalue weighted by Crippen LogP contribution is -2.18. The van der Waals surface area contributed by atoms with Gasteiger partial charge in [-0.15, -0.1) is 0 Å². The number of aliphatic hydroxyl groups excluding tert-OH is 1. The van der Waals surface area contributed by atoms with Gasteiger partial charge >= 0.3 is 11.9 Å². The zero-order chi connectivity index (χ0) is 16.0. The van der Waals surface area contributed by atoms with Crippen molar-refractivity contribution in [1.82, 2.24) is 0 Å². The van der Waals surface area contributed by atoms with Gasteiger partial charge in [0.25, 0.3) is 0 Å². The molecule has 2 N–H and O–H groups in total. The number of methoxy groups -OCH3 is 3. The summed E-state index contributed by atoms with van der Waals surface area (Å²) in [6.45, 7) is 0. The van der Waals surface area contributed by atoms with Crippen molar-refractivity contribution in [1.29, 1.82) is 0 Å². The topological polar surface area (TPSA) is 94.1 Å². The number of carbonyl (C=O) groups excluding carboxylic acids is 2. The van der Waals surface area contributed by atoms with E-state index in [-0.39, 0.29) is 11.3 Å². The Labute approximate surface area is 122 Å². The molecular formula is C14H17NO6. The first kappa shape index (κ1) is 16.4. The molecule has 21 heavy (non-hydrogen) atoms. The van der Waals surface area contributed by atoms with Crippen LogP contribution in [0.2, 0.25) is 0 Å². The molecule has 0 heterocycles. The third-order valence-corrected chi connectivity index (χ3v) is 2.77. The minimum atomic E-state index is -1.01. The van der Waals surface area contributed by atoms with Crippen LogP contribution in [0.25, 0.3) is 5.76 Å². The molecule has 0 spiro atoms. The molecule has 0 aliphatic heterocycles. The van der Waals surface area contributed by atoms with Gasteiger partial charge in [-0.05, 0) is 12.1 Å². The smallest absolute Gasteiger partial charge is 0.349 e. The average molecular weight is 295 g/mol. The second kappa shape index (κ2) is 7.18. The fraction of sp³-hybridized carbons (Fsp3) is 0.286. The largest absolute Gasteiger partial charge is 0.506 e. The fourth-order valence-electron chi connectivity index (χ4n) is 1.76. The van der Waals surface area contributed by atoms with Crippen molar-refractivity contribution >= 4 is 23.4 Å². The summed E-state index contributed by atoms with van der Waals surface area (Å²) in [5.74, 6) is -2.32. The van der Waals surface area contributed by atoms with Crippen LogP contribution in [0, 0.1) is 0 Å². The van der Waals surface area contributed by atoms with Crippen LogP contribution in [-0.4, -0.2) is 45.4 Å². The molecule has 0 unspecified atom stereocenters. The Morgan fingerprint density at radius 1 is 1.10 bits per heavy atom. The van der Waals surface area contributed by atoms with Gasteiger partial charge in [0.05, 0.1) is 26.9 Å². The van der Waals surface area contributed by atoms with Crippen molar-refractivity contribution < 1.29 is 28.9 Å². The Morgan fingerprint density at radius 2 is 1.67 bits per heavy atom. The molecular weight excluding hydrogens is 278 g/mol. The highest BCUT2D eigenvalue weighted by atomic mass is 16.5. The van der Waals surface area contributed by atoms with Crippen LogP contribution in [0.3, 0.4) is 0 Å². The van der Waals surface area contributed by atoms with Crippen molar-refractivity contribution in [2.24, 2.45) is 0 Å². The summed E-state index contributed by atoms with van der Waals surface area (Å²) < 4.78 is 14.2. The SMILES string of the molecule is CNc1cccc(OC)c1C(O)=C(C(=O)OC)C(=O)OC. The number of carbonyl (C=O) groups is 2. The quantitative estimate of drug-likeness (QED) is 0.278. The highest BCUT2D eigenvalue weighted by Crippen LogP contribution is 2.33. The standard InChI is InChI=1S/C14H17NO6/c1-15-8-6-5-7-9(19-2)10(8)12(16)11(13(17)20-3)14(18)21-4/h5-7,15-16H,1-4H3. The lowest BCUT2D eigenvalue weighted by atomic mass is 10.0. The molecule has 1 rings (SSSR count). The van der Waals surface area contributed by atoms with Gasteiger partial charge in [-0.2, -0.15) is 0 Å². The number of anilines is 1. The molecule has 0 bridgehead atoms. The first-order chi connectivity index (χ1) is 10.0. The van der Waals surface area contributed by atoms with Crippen molar-refractivity contribution in [3.8, 4) is 5.75 Å². The number of ether oxygens (including phenoxy) is 3. The second-order valence-corrected chi connectivity index (χ2v) is 3.84. The maximum Gasteiger partial charge on any atom is 0.349 e. The number of rotatable bonds is 5. The van der Waals surface area contributed by atoms with Gasteiger partial charge in [-0.1, -0.05) is 6.07 Å². The third-order valence-electron chi connectivity index (χ3n) is 2.77. The summed E-state index contributed by atoms with van der Waals surface area (Å²) in [5.41, 5.74) is 0.0199. The Kier molecular flexibility index (Phi) is 5.59. The highest BCUT2D eigenvalue weighted by molar-refractivity contribution is 6.19. The van der Waals surface area contributed by atoms with Crippen LogP contribution in [0.4, 0.5) is 5.69 Å². The summed E-state index contributed by atoms with van der Waals surface area (Å²) in [5, 5.41) is 13.2. The van der Waals surface area contributed by atoms with E-state index in [4.69, 9.17) is 4.74 Å². The summed E-state index contributed by atoms with van der Waals surface area (Å²) in [7, 11) is 5.22. The lowest BCUT2D eigenvalue weighted by Gasteiger charge is -2.14. The molecule has 1 aromatic rings. The molecule has 1 aromatic carbocycles. The minimum absolute atomic E-state index is 0.160. The molecule has 0 saturated heterocycles. The summed E-state index contributed by atoms with van der Waals surface area (Å²) in [6.07, 6.45) is 0. The Balaban J connectivity index is 3.64. The number of hydrogen-bond donors (Lipinski definition) is 2. The summed E-state index contributed by atoms with van der Waals surface area (Å²) in [6, 6.07) is 4.93. The van der Waals surface area contributed by atoms with E-state index in [0.29, 0.717) is 5.69 Å². The van der Waals surface area contributed by atoms with E-state index >= 15 is 0 Å². The van der Waals surface area contributed by atoms with E-state index in [9.17, 15) is 14.7 Å².